The number of rotatable bonds is 3. The van der Waals surface area contributed by atoms with E-state index in [4.69, 9.17) is 0 Å². The quantitative estimate of drug-likeness (QED) is 0.476. The van der Waals surface area contributed by atoms with E-state index in [9.17, 15) is 9.90 Å². The molecule has 0 aromatic rings. The van der Waals surface area contributed by atoms with E-state index in [2.05, 4.69) is 11.9 Å². The zero-order valence-corrected chi connectivity index (χ0v) is 7.50. The molecule has 0 radical (unpaired) electrons. The minimum atomic E-state index is -0.921. The lowest BCUT2D eigenvalue weighted by Gasteiger charge is -2.43. The van der Waals surface area contributed by atoms with Crippen molar-refractivity contribution in [3.05, 3.63) is 12.7 Å². The van der Waals surface area contributed by atoms with E-state index in [1.165, 1.54) is 0 Å². The molecule has 0 spiro atoms. The Labute approximate surface area is 72.5 Å². The topological polar surface area (TPSA) is 49.3 Å². The number of β-lactam (4-membered cyclic amide) rings is 1. The van der Waals surface area contributed by atoms with Gasteiger partial charge in [0.2, 0.25) is 5.91 Å². The van der Waals surface area contributed by atoms with Gasteiger partial charge in [0, 0.05) is 6.04 Å². The van der Waals surface area contributed by atoms with Gasteiger partial charge < -0.3 is 10.4 Å². The second kappa shape index (κ2) is 2.90. The third-order valence-electron chi connectivity index (χ3n) is 2.19. The summed E-state index contributed by atoms with van der Waals surface area (Å²) in [6.45, 7) is 6.91. The lowest BCUT2D eigenvalue weighted by Crippen LogP contribution is -2.65. The van der Waals surface area contributed by atoms with Crippen LogP contribution in [0.1, 0.15) is 20.3 Å². The Hall–Kier alpha value is -0.830. The molecule has 0 aliphatic carbocycles. The molecule has 1 aliphatic rings. The fourth-order valence-electron chi connectivity index (χ4n) is 1.63. The Morgan fingerprint density at radius 3 is 2.67 bits per heavy atom. The van der Waals surface area contributed by atoms with Crippen LogP contribution in [0.15, 0.2) is 12.7 Å². The summed E-state index contributed by atoms with van der Waals surface area (Å²) >= 11 is 0. The average Bonchev–Trinajstić information content (AvgIpc) is 1.82. The smallest absolute Gasteiger partial charge is 0.228 e. The van der Waals surface area contributed by atoms with Gasteiger partial charge in [-0.3, -0.25) is 4.79 Å². The fraction of sp³-hybridized carbons (Fsp3) is 0.667. The molecule has 1 heterocycles. The minimum absolute atomic E-state index is 0.0608. The second-order valence-electron chi connectivity index (χ2n) is 3.77. The summed E-state index contributed by atoms with van der Waals surface area (Å²) in [5.41, 5.74) is -0.921. The lowest BCUT2D eigenvalue weighted by atomic mass is 9.77. The lowest BCUT2D eigenvalue weighted by molar-refractivity contribution is -0.147. The van der Waals surface area contributed by atoms with Crippen molar-refractivity contribution in [2.45, 2.75) is 31.9 Å². The van der Waals surface area contributed by atoms with Crippen LogP contribution in [0.4, 0.5) is 0 Å². The van der Waals surface area contributed by atoms with Crippen LogP contribution in [0.3, 0.4) is 0 Å². The predicted octanol–water partition coefficient (Wildman–Crippen LogP) is 0.448. The number of hydrogen-bond acceptors (Lipinski definition) is 2. The zero-order valence-electron chi connectivity index (χ0n) is 7.50. The molecule has 1 amide bonds. The highest BCUT2D eigenvalue weighted by Crippen LogP contribution is 2.29. The largest absolute Gasteiger partial charge is 0.390 e. The van der Waals surface area contributed by atoms with Crippen molar-refractivity contribution in [3.63, 3.8) is 0 Å². The van der Waals surface area contributed by atoms with Crippen molar-refractivity contribution in [1.82, 2.24) is 5.32 Å². The summed E-state index contributed by atoms with van der Waals surface area (Å²) in [5, 5.41) is 12.3. The first-order chi connectivity index (χ1) is 5.46. The Morgan fingerprint density at radius 1 is 1.75 bits per heavy atom. The van der Waals surface area contributed by atoms with E-state index < -0.39 is 5.60 Å². The van der Waals surface area contributed by atoms with Gasteiger partial charge in [0.15, 0.2) is 0 Å². The summed E-state index contributed by atoms with van der Waals surface area (Å²) in [6.07, 6.45) is 2.48. The van der Waals surface area contributed by atoms with Gasteiger partial charge in [-0.25, -0.2) is 0 Å². The van der Waals surface area contributed by atoms with E-state index >= 15 is 0 Å². The predicted molar refractivity (Wildman–Crippen MR) is 46.5 cm³/mol. The van der Waals surface area contributed by atoms with Gasteiger partial charge in [0.25, 0.3) is 0 Å². The van der Waals surface area contributed by atoms with Crippen LogP contribution in [0.5, 0.6) is 0 Å². The molecule has 1 aliphatic heterocycles. The molecule has 0 bridgehead atoms. The maximum absolute atomic E-state index is 11.1. The number of hydrogen-bond donors (Lipinski definition) is 2. The Balaban J connectivity index is 2.61. The van der Waals surface area contributed by atoms with E-state index in [-0.39, 0.29) is 17.9 Å². The van der Waals surface area contributed by atoms with E-state index in [1.54, 1.807) is 19.9 Å². The Morgan fingerprint density at radius 2 is 2.33 bits per heavy atom. The molecule has 12 heavy (non-hydrogen) atoms. The SMILES string of the molecule is C=CCC1NC(=O)C1C(C)(C)O. The minimum Gasteiger partial charge on any atom is -0.390 e. The van der Waals surface area contributed by atoms with Gasteiger partial charge in [-0.1, -0.05) is 6.08 Å². The second-order valence-corrected chi connectivity index (χ2v) is 3.77. The van der Waals surface area contributed by atoms with Crippen LogP contribution >= 0.6 is 0 Å². The highest BCUT2D eigenvalue weighted by Gasteiger charge is 2.47. The van der Waals surface area contributed by atoms with E-state index in [0.29, 0.717) is 0 Å². The highest BCUT2D eigenvalue weighted by molar-refractivity contribution is 5.87. The number of nitrogens with one attached hydrogen (secondary N) is 1. The van der Waals surface area contributed by atoms with Crippen LogP contribution in [0, 0.1) is 5.92 Å². The first-order valence-corrected chi connectivity index (χ1v) is 4.10. The third-order valence-corrected chi connectivity index (χ3v) is 2.19. The molecular weight excluding hydrogens is 154 g/mol. The normalized spacial score (nSPS) is 29.1. The van der Waals surface area contributed by atoms with Gasteiger partial charge in [-0.2, -0.15) is 0 Å². The molecule has 2 unspecified atom stereocenters. The molecule has 0 aromatic heterocycles. The van der Waals surface area contributed by atoms with Gasteiger partial charge in [-0.15, -0.1) is 6.58 Å². The molecule has 0 saturated carbocycles. The third kappa shape index (κ3) is 1.50. The van der Waals surface area contributed by atoms with Gasteiger partial charge >= 0.3 is 0 Å². The van der Waals surface area contributed by atoms with Crippen molar-refractivity contribution in [2.75, 3.05) is 0 Å². The van der Waals surface area contributed by atoms with E-state index in [1.807, 2.05) is 0 Å². The van der Waals surface area contributed by atoms with Crippen LogP contribution in [0.25, 0.3) is 0 Å². The molecule has 1 saturated heterocycles. The fourth-order valence-corrected chi connectivity index (χ4v) is 1.63. The summed E-state index contributed by atoms with van der Waals surface area (Å²) < 4.78 is 0. The number of carbonyl (C=O) groups is 1. The average molecular weight is 169 g/mol. The Kier molecular flexibility index (Phi) is 2.24. The van der Waals surface area contributed by atoms with Gasteiger partial charge in [0.1, 0.15) is 0 Å². The van der Waals surface area contributed by atoms with E-state index in [0.717, 1.165) is 6.42 Å². The maximum atomic E-state index is 11.1. The molecule has 0 aromatic carbocycles. The van der Waals surface area contributed by atoms with Crippen molar-refractivity contribution in [1.29, 1.82) is 0 Å². The highest BCUT2D eigenvalue weighted by atomic mass is 16.3. The molecular formula is C9H15NO2. The first-order valence-electron chi connectivity index (χ1n) is 4.10. The molecule has 2 N–H and O–H groups in total. The summed E-state index contributed by atoms with van der Waals surface area (Å²) in [5.74, 6) is -0.343. The summed E-state index contributed by atoms with van der Waals surface area (Å²) in [6, 6.07) is 0.0648. The van der Waals surface area contributed by atoms with Gasteiger partial charge in [0.05, 0.1) is 11.5 Å². The molecule has 2 atom stereocenters. The summed E-state index contributed by atoms with van der Waals surface area (Å²) in [7, 11) is 0. The van der Waals surface area contributed by atoms with Crippen LogP contribution in [-0.2, 0) is 4.79 Å². The molecule has 3 heteroatoms. The van der Waals surface area contributed by atoms with Crippen LogP contribution in [0.2, 0.25) is 0 Å². The number of aliphatic hydroxyl groups is 1. The monoisotopic (exact) mass is 169 g/mol. The molecule has 1 rings (SSSR count). The Bertz CT molecular complexity index is 203. The first kappa shape index (κ1) is 9.26. The maximum Gasteiger partial charge on any atom is 0.228 e. The molecule has 3 nitrogen and oxygen atoms in total. The standard InChI is InChI=1S/C9H15NO2/c1-4-5-6-7(8(11)10-6)9(2,3)12/h4,6-7,12H,1,5H2,2-3H3,(H,10,11). The molecule has 1 fully saturated rings. The van der Waals surface area contributed by atoms with Crippen molar-refractivity contribution in [2.24, 2.45) is 5.92 Å². The van der Waals surface area contributed by atoms with Crippen molar-refractivity contribution < 1.29 is 9.90 Å². The van der Waals surface area contributed by atoms with Crippen molar-refractivity contribution >= 4 is 5.91 Å². The number of carbonyl (C=O) groups excluding carboxylic acids is 1. The summed E-state index contributed by atoms with van der Waals surface area (Å²) in [4.78, 5) is 11.1. The van der Waals surface area contributed by atoms with Crippen LogP contribution in [-0.4, -0.2) is 22.7 Å². The number of amides is 1. The van der Waals surface area contributed by atoms with Crippen molar-refractivity contribution in [3.8, 4) is 0 Å². The van der Waals surface area contributed by atoms with Gasteiger partial charge in [-0.05, 0) is 20.3 Å². The molecule has 68 valence electrons. The van der Waals surface area contributed by atoms with Crippen LogP contribution < -0.4 is 5.32 Å². The zero-order chi connectivity index (χ0) is 9.35.